The Bertz CT molecular complexity index is 692. The molecule has 2 amide bonds. The zero-order valence-corrected chi connectivity index (χ0v) is 11.8. The summed E-state index contributed by atoms with van der Waals surface area (Å²) in [5, 5.41) is 16.5. The fourth-order valence-electron chi connectivity index (χ4n) is 1.99. The number of rotatable bonds is 4. The van der Waals surface area contributed by atoms with Crippen molar-refractivity contribution in [3.05, 3.63) is 59.6 Å². The number of anilines is 2. The zero-order chi connectivity index (χ0) is 15.5. The van der Waals surface area contributed by atoms with Crippen LogP contribution in [-0.2, 0) is 4.79 Å². The second-order valence-corrected chi connectivity index (χ2v) is 5.24. The van der Waals surface area contributed by atoms with Crippen molar-refractivity contribution in [2.45, 2.75) is 12.8 Å². The van der Waals surface area contributed by atoms with Crippen LogP contribution in [0.15, 0.2) is 48.8 Å². The quantitative estimate of drug-likeness (QED) is 0.668. The Hall–Kier alpha value is -2.89. The second-order valence-electron chi connectivity index (χ2n) is 5.24. The summed E-state index contributed by atoms with van der Waals surface area (Å²) >= 11 is 0. The highest BCUT2D eigenvalue weighted by atomic mass is 16.5. The number of nitrogens with one attached hydrogen (secondary N) is 2. The van der Waals surface area contributed by atoms with Gasteiger partial charge in [-0.05, 0) is 37.1 Å². The Labute approximate surface area is 127 Å². The number of hydrogen-bond acceptors (Lipinski definition) is 3. The lowest BCUT2D eigenvalue weighted by atomic mass is 10.2. The summed E-state index contributed by atoms with van der Waals surface area (Å²) in [6, 6.07) is 9.83. The van der Waals surface area contributed by atoms with Crippen LogP contribution in [0, 0.1) is 11.1 Å². The van der Waals surface area contributed by atoms with Crippen LogP contribution in [0.25, 0.3) is 0 Å². The first-order valence-corrected chi connectivity index (χ1v) is 7.03. The molecule has 0 saturated heterocycles. The molecular formula is C16H15N3O3. The molecule has 22 heavy (non-hydrogen) atoms. The molecule has 6 heteroatoms. The van der Waals surface area contributed by atoms with Crippen molar-refractivity contribution in [3.8, 4) is 0 Å². The molecule has 0 unspecified atom stereocenters. The zero-order valence-electron chi connectivity index (χ0n) is 11.8. The molecule has 1 heterocycles. The molecule has 112 valence electrons. The van der Waals surface area contributed by atoms with Crippen molar-refractivity contribution in [2.75, 3.05) is 10.6 Å². The third-order valence-electron chi connectivity index (χ3n) is 3.42. The summed E-state index contributed by atoms with van der Waals surface area (Å²) in [5.74, 6) is -0.0939. The first kappa shape index (κ1) is 14.1. The van der Waals surface area contributed by atoms with E-state index in [-0.39, 0.29) is 17.7 Å². The van der Waals surface area contributed by atoms with Crippen molar-refractivity contribution < 1.29 is 14.3 Å². The Morgan fingerprint density at radius 3 is 2.05 bits per heavy atom. The molecule has 0 atom stereocenters. The van der Waals surface area contributed by atoms with Crippen molar-refractivity contribution in [1.82, 2.24) is 0 Å². The lowest BCUT2D eigenvalue weighted by Crippen LogP contribution is -2.25. The first-order valence-electron chi connectivity index (χ1n) is 7.03. The maximum absolute atomic E-state index is 12.0. The number of carbonyl (C=O) groups excluding carboxylic acids is 2. The van der Waals surface area contributed by atoms with E-state index in [1.54, 1.807) is 24.3 Å². The maximum Gasteiger partial charge on any atom is 0.256 e. The third kappa shape index (κ3) is 3.41. The SMILES string of the molecule is O=C(Nc1ccc(NC(=O)C2CC2)cc1)c1cc[n+]([O-])cc1. The van der Waals surface area contributed by atoms with Crippen molar-refractivity contribution in [1.29, 1.82) is 0 Å². The van der Waals surface area contributed by atoms with Gasteiger partial charge in [0, 0.05) is 29.4 Å². The van der Waals surface area contributed by atoms with E-state index in [0.717, 1.165) is 12.8 Å². The van der Waals surface area contributed by atoms with E-state index in [0.29, 0.717) is 21.7 Å². The highest BCUT2D eigenvalue weighted by Gasteiger charge is 2.29. The van der Waals surface area contributed by atoms with Crippen LogP contribution >= 0.6 is 0 Å². The van der Waals surface area contributed by atoms with Gasteiger partial charge in [0.25, 0.3) is 5.91 Å². The molecule has 2 aromatic rings. The van der Waals surface area contributed by atoms with Crippen LogP contribution in [0.1, 0.15) is 23.2 Å². The third-order valence-corrected chi connectivity index (χ3v) is 3.42. The van der Waals surface area contributed by atoms with Crippen molar-refractivity contribution >= 4 is 23.2 Å². The summed E-state index contributed by atoms with van der Waals surface area (Å²) in [7, 11) is 0. The molecule has 0 aliphatic heterocycles. The topological polar surface area (TPSA) is 85.1 Å². The Balaban J connectivity index is 1.61. The molecule has 3 rings (SSSR count). The fraction of sp³-hybridized carbons (Fsp3) is 0.188. The molecule has 0 spiro atoms. The van der Waals surface area contributed by atoms with E-state index in [1.165, 1.54) is 24.5 Å². The molecule has 1 aromatic heterocycles. The molecule has 1 saturated carbocycles. The summed E-state index contributed by atoms with van der Waals surface area (Å²) in [6.07, 6.45) is 4.46. The number of amides is 2. The number of benzene rings is 1. The summed E-state index contributed by atoms with van der Waals surface area (Å²) in [6.45, 7) is 0. The van der Waals surface area contributed by atoms with Crippen LogP contribution in [-0.4, -0.2) is 11.8 Å². The average Bonchev–Trinajstić information content (AvgIpc) is 3.34. The Morgan fingerprint density at radius 1 is 0.955 bits per heavy atom. The van der Waals surface area contributed by atoms with Gasteiger partial charge in [0.15, 0.2) is 12.4 Å². The van der Waals surface area contributed by atoms with Gasteiger partial charge >= 0.3 is 0 Å². The highest BCUT2D eigenvalue weighted by molar-refractivity contribution is 6.04. The lowest BCUT2D eigenvalue weighted by molar-refractivity contribution is -0.605. The van der Waals surface area contributed by atoms with Gasteiger partial charge in [0.1, 0.15) is 0 Å². The second kappa shape index (κ2) is 5.85. The van der Waals surface area contributed by atoms with Crippen molar-refractivity contribution in [3.63, 3.8) is 0 Å². The van der Waals surface area contributed by atoms with Gasteiger partial charge in [0.05, 0.1) is 5.56 Å². The number of pyridine rings is 1. The van der Waals surface area contributed by atoms with Gasteiger partial charge in [-0.3, -0.25) is 9.59 Å². The summed E-state index contributed by atoms with van der Waals surface area (Å²) in [4.78, 5) is 23.6. The Morgan fingerprint density at radius 2 is 1.50 bits per heavy atom. The molecule has 6 nitrogen and oxygen atoms in total. The smallest absolute Gasteiger partial charge is 0.256 e. The van der Waals surface area contributed by atoms with Crippen molar-refractivity contribution in [2.24, 2.45) is 5.92 Å². The highest BCUT2D eigenvalue weighted by Crippen LogP contribution is 2.30. The van der Waals surface area contributed by atoms with E-state index in [2.05, 4.69) is 10.6 Å². The fourth-order valence-corrected chi connectivity index (χ4v) is 1.99. The number of hydrogen-bond donors (Lipinski definition) is 2. The number of nitrogens with zero attached hydrogens (tertiary/aromatic N) is 1. The molecule has 1 aliphatic carbocycles. The average molecular weight is 297 g/mol. The van der Waals surface area contributed by atoms with Crippen LogP contribution < -0.4 is 15.4 Å². The molecule has 1 aromatic carbocycles. The predicted octanol–water partition coefficient (Wildman–Crippen LogP) is 1.92. The minimum atomic E-state index is -0.296. The van der Waals surface area contributed by atoms with Gasteiger partial charge in [-0.25, -0.2) is 0 Å². The van der Waals surface area contributed by atoms with E-state index in [9.17, 15) is 14.8 Å². The molecule has 1 fully saturated rings. The van der Waals surface area contributed by atoms with E-state index in [1.807, 2.05) is 0 Å². The van der Waals surface area contributed by atoms with Gasteiger partial charge < -0.3 is 15.8 Å². The van der Waals surface area contributed by atoms with E-state index < -0.39 is 0 Å². The Kier molecular flexibility index (Phi) is 3.74. The summed E-state index contributed by atoms with van der Waals surface area (Å²) in [5.41, 5.74) is 1.73. The number of carbonyl (C=O) groups is 2. The maximum atomic E-state index is 12.0. The molecule has 1 aliphatic rings. The predicted molar refractivity (Wildman–Crippen MR) is 81.2 cm³/mol. The van der Waals surface area contributed by atoms with Gasteiger partial charge in [-0.2, -0.15) is 4.73 Å². The first-order chi connectivity index (χ1) is 10.6. The summed E-state index contributed by atoms with van der Waals surface area (Å²) < 4.78 is 0.619. The van der Waals surface area contributed by atoms with Gasteiger partial charge in [-0.15, -0.1) is 0 Å². The number of aromatic nitrogens is 1. The van der Waals surface area contributed by atoms with Crippen LogP contribution in [0.2, 0.25) is 0 Å². The molecule has 0 radical (unpaired) electrons. The molecule has 2 N–H and O–H groups in total. The molecular weight excluding hydrogens is 282 g/mol. The van der Waals surface area contributed by atoms with Crippen LogP contribution in [0.3, 0.4) is 0 Å². The van der Waals surface area contributed by atoms with E-state index in [4.69, 9.17) is 0 Å². The van der Waals surface area contributed by atoms with E-state index >= 15 is 0 Å². The normalized spacial score (nSPS) is 13.5. The monoisotopic (exact) mass is 297 g/mol. The standard InChI is InChI=1S/C16H15N3O3/c20-15(11-1-2-11)17-13-3-5-14(6-4-13)18-16(21)12-7-9-19(22)10-8-12/h3-11H,1-2H2,(H,17,20)(H,18,21). The largest absolute Gasteiger partial charge is 0.619 e. The minimum Gasteiger partial charge on any atom is -0.619 e. The van der Waals surface area contributed by atoms with Crippen LogP contribution in [0.5, 0.6) is 0 Å². The lowest BCUT2D eigenvalue weighted by Gasteiger charge is -2.07. The van der Waals surface area contributed by atoms with Gasteiger partial charge in [-0.1, -0.05) is 0 Å². The van der Waals surface area contributed by atoms with Gasteiger partial charge in [0.2, 0.25) is 5.91 Å². The van der Waals surface area contributed by atoms with Crippen LogP contribution in [0.4, 0.5) is 11.4 Å². The minimum absolute atomic E-state index is 0.0481. The molecule has 0 bridgehead atoms.